The normalized spacial score (nSPS) is 13.8. The highest BCUT2D eigenvalue weighted by Crippen LogP contribution is 2.36. The van der Waals surface area contributed by atoms with Gasteiger partial charge in [0.15, 0.2) is 5.76 Å². The molecule has 0 saturated carbocycles. The monoisotopic (exact) mass is 290 g/mol. The number of amides is 2. The molecule has 0 unspecified atom stereocenters. The Kier molecular flexibility index (Phi) is 3.31. The van der Waals surface area contributed by atoms with Crippen LogP contribution in [-0.4, -0.2) is 11.8 Å². The summed E-state index contributed by atoms with van der Waals surface area (Å²) in [6.07, 6.45) is 5.37. The average molecular weight is 290 g/mol. The summed E-state index contributed by atoms with van der Waals surface area (Å²) in [6, 6.07) is 3.11. The van der Waals surface area contributed by atoms with Crippen LogP contribution in [0.3, 0.4) is 0 Å². The Morgan fingerprint density at radius 1 is 1.25 bits per heavy atom. The smallest absolute Gasteiger partial charge is 0.293 e. The first kappa shape index (κ1) is 12.9. The van der Waals surface area contributed by atoms with Gasteiger partial charge in [0.1, 0.15) is 0 Å². The fourth-order valence-corrected chi connectivity index (χ4v) is 3.63. The number of rotatable bonds is 2. The molecule has 20 heavy (non-hydrogen) atoms. The van der Waals surface area contributed by atoms with E-state index in [0.29, 0.717) is 10.6 Å². The average Bonchev–Trinajstić information content (AvgIpc) is 3.04. The van der Waals surface area contributed by atoms with Crippen LogP contribution in [0.15, 0.2) is 22.8 Å². The Hall–Kier alpha value is -2.08. The molecule has 5 nitrogen and oxygen atoms in total. The van der Waals surface area contributed by atoms with Crippen LogP contribution in [0, 0.1) is 0 Å². The number of furan rings is 1. The van der Waals surface area contributed by atoms with Crippen molar-refractivity contribution in [3.05, 3.63) is 40.2 Å². The lowest BCUT2D eigenvalue weighted by Gasteiger charge is -2.12. The van der Waals surface area contributed by atoms with Gasteiger partial charge in [0.2, 0.25) is 0 Å². The summed E-state index contributed by atoms with van der Waals surface area (Å²) >= 11 is 1.45. The Morgan fingerprint density at radius 3 is 2.80 bits per heavy atom. The maximum Gasteiger partial charge on any atom is 0.293 e. The van der Waals surface area contributed by atoms with E-state index in [-0.39, 0.29) is 5.76 Å². The van der Waals surface area contributed by atoms with Crippen LogP contribution in [0.5, 0.6) is 0 Å². The zero-order valence-electron chi connectivity index (χ0n) is 10.8. The van der Waals surface area contributed by atoms with Crippen LogP contribution in [0.25, 0.3) is 0 Å². The Balaban J connectivity index is 1.84. The van der Waals surface area contributed by atoms with E-state index < -0.39 is 11.8 Å². The summed E-state index contributed by atoms with van der Waals surface area (Å²) in [4.78, 5) is 25.3. The minimum absolute atomic E-state index is 0.112. The second-order valence-corrected chi connectivity index (χ2v) is 5.85. The fraction of sp³-hybridized carbons (Fsp3) is 0.286. The van der Waals surface area contributed by atoms with E-state index in [1.807, 2.05) is 0 Å². The molecule has 3 rings (SSSR count). The molecular weight excluding hydrogens is 276 g/mol. The van der Waals surface area contributed by atoms with E-state index in [0.717, 1.165) is 31.2 Å². The van der Waals surface area contributed by atoms with Crippen molar-refractivity contribution < 1.29 is 14.0 Å². The van der Waals surface area contributed by atoms with Gasteiger partial charge in [0.05, 0.1) is 16.8 Å². The summed E-state index contributed by atoms with van der Waals surface area (Å²) in [5, 5.41) is 2.82. The molecule has 2 amide bonds. The third-order valence-electron chi connectivity index (χ3n) is 3.40. The summed E-state index contributed by atoms with van der Waals surface area (Å²) < 4.78 is 4.96. The molecule has 2 aromatic heterocycles. The summed E-state index contributed by atoms with van der Waals surface area (Å²) in [5.74, 6) is -0.875. The van der Waals surface area contributed by atoms with Crippen LogP contribution in [0.4, 0.5) is 5.00 Å². The van der Waals surface area contributed by atoms with Gasteiger partial charge in [-0.3, -0.25) is 14.9 Å². The molecule has 0 spiro atoms. The fourth-order valence-electron chi connectivity index (χ4n) is 2.47. The van der Waals surface area contributed by atoms with Crippen molar-refractivity contribution in [2.75, 3.05) is 5.73 Å². The number of nitrogens with two attached hydrogens (primary N) is 1. The molecule has 6 heteroatoms. The van der Waals surface area contributed by atoms with Gasteiger partial charge in [0, 0.05) is 4.88 Å². The van der Waals surface area contributed by atoms with Gasteiger partial charge in [-0.1, -0.05) is 0 Å². The van der Waals surface area contributed by atoms with E-state index in [2.05, 4.69) is 5.32 Å². The minimum Gasteiger partial charge on any atom is -0.459 e. The van der Waals surface area contributed by atoms with Crippen LogP contribution in [0.2, 0.25) is 0 Å². The van der Waals surface area contributed by atoms with Crippen LogP contribution in [0.1, 0.15) is 44.2 Å². The van der Waals surface area contributed by atoms with Crippen LogP contribution in [-0.2, 0) is 12.8 Å². The SMILES string of the molecule is Nc1sc2c(c1C(=O)NC(=O)c1ccco1)CCCC2. The molecule has 1 aliphatic rings. The Bertz CT molecular complexity index is 658. The van der Waals surface area contributed by atoms with E-state index in [1.165, 1.54) is 28.5 Å². The highest BCUT2D eigenvalue weighted by Gasteiger charge is 2.25. The van der Waals surface area contributed by atoms with Crippen molar-refractivity contribution in [2.24, 2.45) is 0 Å². The van der Waals surface area contributed by atoms with Crippen molar-refractivity contribution in [1.82, 2.24) is 5.32 Å². The molecule has 0 aliphatic heterocycles. The van der Waals surface area contributed by atoms with E-state index in [4.69, 9.17) is 10.2 Å². The molecule has 2 heterocycles. The highest BCUT2D eigenvalue weighted by atomic mass is 32.1. The van der Waals surface area contributed by atoms with Crippen molar-refractivity contribution >= 4 is 28.2 Å². The largest absolute Gasteiger partial charge is 0.459 e. The van der Waals surface area contributed by atoms with Gasteiger partial charge in [-0.05, 0) is 43.4 Å². The van der Waals surface area contributed by atoms with E-state index >= 15 is 0 Å². The van der Waals surface area contributed by atoms with Crippen LogP contribution < -0.4 is 11.1 Å². The lowest BCUT2D eigenvalue weighted by Crippen LogP contribution is -2.31. The van der Waals surface area contributed by atoms with Gasteiger partial charge < -0.3 is 10.2 Å². The van der Waals surface area contributed by atoms with E-state index in [9.17, 15) is 9.59 Å². The molecule has 0 bridgehead atoms. The predicted octanol–water partition coefficient (Wildman–Crippen LogP) is 2.37. The molecule has 2 aromatic rings. The van der Waals surface area contributed by atoms with Crippen molar-refractivity contribution in [3.63, 3.8) is 0 Å². The van der Waals surface area contributed by atoms with E-state index in [1.54, 1.807) is 6.07 Å². The Morgan fingerprint density at radius 2 is 2.05 bits per heavy atom. The number of carbonyl (C=O) groups excluding carboxylic acids is 2. The molecule has 0 radical (unpaired) electrons. The summed E-state index contributed by atoms with van der Waals surface area (Å²) in [5.41, 5.74) is 7.41. The number of anilines is 1. The lowest BCUT2D eigenvalue weighted by molar-refractivity contribution is 0.0832. The van der Waals surface area contributed by atoms with Crippen LogP contribution >= 0.6 is 11.3 Å². The molecule has 104 valence electrons. The number of fused-ring (bicyclic) bond motifs is 1. The van der Waals surface area contributed by atoms with Gasteiger partial charge in [0.25, 0.3) is 11.8 Å². The number of carbonyl (C=O) groups is 2. The van der Waals surface area contributed by atoms with Gasteiger partial charge in [-0.2, -0.15) is 0 Å². The van der Waals surface area contributed by atoms with Crippen molar-refractivity contribution in [2.45, 2.75) is 25.7 Å². The molecular formula is C14H14N2O3S. The standard InChI is InChI=1S/C14H14N2O3S/c15-12-11(8-4-1-2-6-10(8)20-12)14(18)16-13(17)9-5-3-7-19-9/h3,5,7H,1-2,4,6,15H2,(H,16,17,18). The number of aryl methyl sites for hydroxylation is 1. The number of imide groups is 1. The predicted molar refractivity (Wildman–Crippen MR) is 75.9 cm³/mol. The lowest BCUT2D eigenvalue weighted by atomic mass is 9.95. The highest BCUT2D eigenvalue weighted by molar-refractivity contribution is 7.16. The van der Waals surface area contributed by atoms with Crippen molar-refractivity contribution in [1.29, 1.82) is 0 Å². The first-order valence-electron chi connectivity index (χ1n) is 6.46. The van der Waals surface area contributed by atoms with Gasteiger partial charge >= 0.3 is 0 Å². The number of nitrogens with one attached hydrogen (secondary N) is 1. The van der Waals surface area contributed by atoms with Gasteiger partial charge in [-0.25, -0.2) is 0 Å². The second kappa shape index (κ2) is 5.13. The zero-order chi connectivity index (χ0) is 14.1. The first-order chi connectivity index (χ1) is 9.66. The second-order valence-electron chi connectivity index (χ2n) is 4.71. The zero-order valence-corrected chi connectivity index (χ0v) is 11.6. The third kappa shape index (κ3) is 2.22. The number of hydrogen-bond acceptors (Lipinski definition) is 5. The maximum atomic E-state index is 12.3. The molecule has 0 fully saturated rings. The quantitative estimate of drug-likeness (QED) is 0.831. The first-order valence-corrected chi connectivity index (χ1v) is 7.27. The summed E-state index contributed by atoms with van der Waals surface area (Å²) in [7, 11) is 0. The minimum atomic E-state index is -0.546. The third-order valence-corrected chi connectivity index (χ3v) is 4.52. The Labute approximate surface area is 119 Å². The molecule has 0 atom stereocenters. The van der Waals surface area contributed by atoms with Gasteiger partial charge in [-0.15, -0.1) is 11.3 Å². The molecule has 0 saturated heterocycles. The number of hydrogen-bond donors (Lipinski definition) is 2. The number of thiophene rings is 1. The molecule has 1 aliphatic carbocycles. The number of nitrogen functional groups attached to an aromatic ring is 1. The molecule has 3 N–H and O–H groups in total. The topological polar surface area (TPSA) is 85.3 Å². The molecule has 0 aromatic carbocycles. The maximum absolute atomic E-state index is 12.3. The van der Waals surface area contributed by atoms with Crippen molar-refractivity contribution in [3.8, 4) is 0 Å². The summed E-state index contributed by atoms with van der Waals surface area (Å²) in [6.45, 7) is 0.